The van der Waals surface area contributed by atoms with Gasteiger partial charge in [-0.2, -0.15) is 0 Å². The number of benzene rings is 2. The minimum Gasteiger partial charge on any atom is -0.494 e. The Kier molecular flexibility index (Phi) is 8.58. The molecular formula is C25H34ClNO3. The molecule has 3 rings (SSSR count). The molecule has 30 heavy (non-hydrogen) atoms. The van der Waals surface area contributed by atoms with Crippen LogP contribution in [0.25, 0.3) is 0 Å². The summed E-state index contributed by atoms with van der Waals surface area (Å²) in [5, 5.41) is 12.9. The van der Waals surface area contributed by atoms with Crippen LogP contribution in [0.3, 0.4) is 0 Å². The maximum absolute atomic E-state index is 12.2. The molecule has 1 aliphatic rings. The van der Waals surface area contributed by atoms with Gasteiger partial charge in [0.1, 0.15) is 5.75 Å². The van der Waals surface area contributed by atoms with Gasteiger partial charge in [-0.15, -0.1) is 0 Å². The Hall–Kier alpha value is -1.59. The maximum Gasteiger partial charge on any atom is 0.119 e. The standard InChI is InChI=1S/C25H34ClNO3/c1-3-5-14-25(28,21-8-12-23(13-9-21)30-4-2)24(19-27-15-17-29-18-16-27)20-6-10-22(26)11-7-20/h6-13,24,28H,3-5,14-19H2,1-2H3/t24-,25+/m0/s1. The van der Waals surface area contributed by atoms with Crippen molar-refractivity contribution in [3.05, 3.63) is 64.7 Å². The molecule has 0 aliphatic carbocycles. The number of aliphatic hydroxyl groups is 1. The summed E-state index contributed by atoms with van der Waals surface area (Å²) in [5.41, 5.74) is 1.07. The Morgan fingerprint density at radius 3 is 2.33 bits per heavy atom. The first-order valence-corrected chi connectivity index (χ1v) is 11.5. The lowest BCUT2D eigenvalue weighted by atomic mass is 9.74. The average Bonchev–Trinajstić information content (AvgIpc) is 2.78. The maximum atomic E-state index is 12.2. The van der Waals surface area contributed by atoms with E-state index in [4.69, 9.17) is 21.1 Å². The van der Waals surface area contributed by atoms with Crippen LogP contribution in [0, 0.1) is 0 Å². The van der Waals surface area contributed by atoms with Crippen molar-refractivity contribution in [3.63, 3.8) is 0 Å². The minimum atomic E-state index is -0.979. The van der Waals surface area contributed by atoms with Crippen LogP contribution in [0.1, 0.15) is 50.2 Å². The van der Waals surface area contributed by atoms with Crippen molar-refractivity contribution in [1.82, 2.24) is 4.90 Å². The van der Waals surface area contributed by atoms with E-state index < -0.39 is 5.60 Å². The highest BCUT2D eigenvalue weighted by atomic mass is 35.5. The fourth-order valence-corrected chi connectivity index (χ4v) is 4.37. The molecule has 4 nitrogen and oxygen atoms in total. The average molecular weight is 432 g/mol. The number of morpholine rings is 1. The Bertz CT molecular complexity index is 759. The quantitative estimate of drug-likeness (QED) is 0.559. The number of rotatable bonds is 10. The smallest absolute Gasteiger partial charge is 0.119 e. The van der Waals surface area contributed by atoms with Gasteiger partial charge in [-0.1, -0.05) is 55.6 Å². The zero-order valence-electron chi connectivity index (χ0n) is 18.1. The molecule has 0 unspecified atom stereocenters. The van der Waals surface area contributed by atoms with Crippen molar-refractivity contribution in [1.29, 1.82) is 0 Å². The zero-order valence-corrected chi connectivity index (χ0v) is 18.9. The van der Waals surface area contributed by atoms with Crippen LogP contribution in [0.4, 0.5) is 0 Å². The molecule has 1 N–H and O–H groups in total. The number of ether oxygens (including phenoxy) is 2. The first-order valence-electron chi connectivity index (χ1n) is 11.1. The molecule has 0 radical (unpaired) electrons. The molecule has 0 aromatic heterocycles. The van der Waals surface area contributed by atoms with Crippen molar-refractivity contribution in [2.75, 3.05) is 39.5 Å². The summed E-state index contributed by atoms with van der Waals surface area (Å²) in [7, 11) is 0. The summed E-state index contributed by atoms with van der Waals surface area (Å²) in [5.74, 6) is 0.757. The number of nitrogens with zero attached hydrogens (tertiary/aromatic N) is 1. The molecule has 1 saturated heterocycles. The summed E-state index contributed by atoms with van der Waals surface area (Å²) >= 11 is 6.17. The molecule has 0 amide bonds. The first kappa shape index (κ1) is 23.1. The van der Waals surface area contributed by atoms with E-state index in [0.717, 1.165) is 62.6 Å². The van der Waals surface area contributed by atoms with Crippen molar-refractivity contribution < 1.29 is 14.6 Å². The van der Waals surface area contributed by atoms with Gasteiger partial charge in [-0.25, -0.2) is 0 Å². The molecule has 1 fully saturated rings. The SMILES string of the molecule is CCCC[C@@](O)(c1ccc(OCC)cc1)[C@@H](CN1CCOCC1)c1ccc(Cl)cc1. The molecule has 5 heteroatoms. The third-order valence-corrected chi connectivity index (χ3v) is 6.22. The fourth-order valence-electron chi connectivity index (χ4n) is 4.24. The molecule has 1 aliphatic heterocycles. The lowest BCUT2D eigenvalue weighted by Gasteiger charge is -2.41. The van der Waals surface area contributed by atoms with Gasteiger partial charge in [0, 0.05) is 30.6 Å². The zero-order chi connectivity index (χ0) is 21.4. The van der Waals surface area contributed by atoms with Crippen LogP contribution in [0.2, 0.25) is 5.02 Å². The molecule has 164 valence electrons. The van der Waals surface area contributed by atoms with Crippen LogP contribution >= 0.6 is 11.6 Å². The topological polar surface area (TPSA) is 41.9 Å². The van der Waals surface area contributed by atoms with E-state index in [0.29, 0.717) is 18.1 Å². The van der Waals surface area contributed by atoms with E-state index in [9.17, 15) is 5.11 Å². The van der Waals surface area contributed by atoms with Crippen LogP contribution in [0.5, 0.6) is 5.75 Å². The highest BCUT2D eigenvalue weighted by molar-refractivity contribution is 6.30. The van der Waals surface area contributed by atoms with Crippen molar-refractivity contribution in [2.45, 2.75) is 44.6 Å². The summed E-state index contributed by atoms with van der Waals surface area (Å²) in [6.07, 6.45) is 2.69. The van der Waals surface area contributed by atoms with Crippen molar-refractivity contribution in [2.24, 2.45) is 0 Å². The third-order valence-electron chi connectivity index (χ3n) is 5.97. The molecule has 1 heterocycles. The Morgan fingerprint density at radius 2 is 1.73 bits per heavy atom. The van der Waals surface area contributed by atoms with Crippen LogP contribution in [-0.2, 0) is 10.3 Å². The van der Waals surface area contributed by atoms with Gasteiger partial charge in [0.15, 0.2) is 0 Å². The molecule has 0 spiro atoms. The Labute approximate surface area is 185 Å². The first-order chi connectivity index (χ1) is 14.6. The molecule has 2 atom stereocenters. The largest absolute Gasteiger partial charge is 0.494 e. The van der Waals surface area contributed by atoms with Crippen molar-refractivity contribution in [3.8, 4) is 5.75 Å². The number of hydrogen-bond acceptors (Lipinski definition) is 4. The summed E-state index contributed by atoms with van der Waals surface area (Å²) in [6.45, 7) is 8.80. The van der Waals surface area contributed by atoms with Gasteiger partial charge in [0.25, 0.3) is 0 Å². The number of unbranched alkanes of at least 4 members (excludes halogenated alkanes) is 1. The second-order valence-corrected chi connectivity index (χ2v) is 8.44. The van der Waals surface area contributed by atoms with Gasteiger partial charge < -0.3 is 14.6 Å². The van der Waals surface area contributed by atoms with E-state index >= 15 is 0 Å². The van der Waals surface area contributed by atoms with Gasteiger partial charge in [-0.3, -0.25) is 4.90 Å². The number of hydrogen-bond donors (Lipinski definition) is 1. The highest BCUT2D eigenvalue weighted by Crippen LogP contribution is 2.42. The van der Waals surface area contributed by atoms with Gasteiger partial charge in [0.05, 0.1) is 25.4 Å². The predicted octanol–water partition coefficient (Wildman–Crippen LogP) is 5.23. The second-order valence-electron chi connectivity index (χ2n) is 8.00. The predicted molar refractivity (Wildman–Crippen MR) is 122 cm³/mol. The van der Waals surface area contributed by atoms with Crippen molar-refractivity contribution >= 4 is 11.6 Å². The van der Waals surface area contributed by atoms with Gasteiger partial charge >= 0.3 is 0 Å². The summed E-state index contributed by atoms with van der Waals surface area (Å²) < 4.78 is 11.2. The van der Waals surface area contributed by atoms with E-state index in [1.165, 1.54) is 0 Å². The van der Waals surface area contributed by atoms with E-state index in [1.807, 2.05) is 43.3 Å². The molecule has 2 aromatic carbocycles. The lowest BCUT2D eigenvalue weighted by molar-refractivity contribution is -0.0294. The Morgan fingerprint density at radius 1 is 1.07 bits per heavy atom. The van der Waals surface area contributed by atoms with Gasteiger partial charge in [-0.05, 0) is 48.7 Å². The second kappa shape index (κ2) is 11.1. The van der Waals surface area contributed by atoms with Gasteiger partial charge in [0.2, 0.25) is 0 Å². The summed E-state index contributed by atoms with van der Waals surface area (Å²) in [4.78, 5) is 2.40. The molecule has 0 saturated carbocycles. The van der Waals surface area contributed by atoms with E-state index in [2.05, 4.69) is 24.0 Å². The highest BCUT2D eigenvalue weighted by Gasteiger charge is 2.40. The molecule has 0 bridgehead atoms. The lowest BCUT2D eigenvalue weighted by Crippen LogP contribution is -2.45. The van der Waals surface area contributed by atoms with E-state index in [1.54, 1.807) is 0 Å². The monoisotopic (exact) mass is 431 g/mol. The third kappa shape index (κ3) is 5.76. The van der Waals surface area contributed by atoms with E-state index in [-0.39, 0.29) is 5.92 Å². The minimum absolute atomic E-state index is 0.0719. The Balaban J connectivity index is 1.99. The summed E-state index contributed by atoms with van der Waals surface area (Å²) in [6, 6.07) is 15.9. The number of halogens is 1. The fraction of sp³-hybridized carbons (Fsp3) is 0.520. The molecular weight excluding hydrogens is 398 g/mol. The van der Waals surface area contributed by atoms with Crippen LogP contribution < -0.4 is 4.74 Å². The normalized spacial score (nSPS) is 18.0. The molecule has 2 aromatic rings. The van der Waals surface area contributed by atoms with Crippen LogP contribution in [0.15, 0.2) is 48.5 Å². The van der Waals surface area contributed by atoms with Crippen LogP contribution in [-0.4, -0.2) is 49.5 Å².